The lowest BCUT2D eigenvalue weighted by molar-refractivity contribution is 0.179. The highest BCUT2D eigenvalue weighted by atomic mass is 32.1. The molecule has 192 valence electrons. The number of hydrogen-bond donors (Lipinski definition) is 1. The summed E-state index contributed by atoms with van der Waals surface area (Å²) in [6, 6.07) is 7.10. The predicted molar refractivity (Wildman–Crippen MR) is 148 cm³/mol. The smallest absolute Gasteiger partial charge is 0.317 e. The molecule has 2 amide bonds. The van der Waals surface area contributed by atoms with Gasteiger partial charge in [0.05, 0.1) is 10.7 Å². The molecule has 0 atom stereocenters. The molecule has 2 aliphatic rings. The monoisotopic (exact) mass is 496 g/mol. The van der Waals surface area contributed by atoms with E-state index in [1.54, 1.807) is 11.3 Å². The molecule has 0 saturated carbocycles. The minimum Gasteiger partial charge on any atom is -0.337 e. The summed E-state index contributed by atoms with van der Waals surface area (Å²) in [5.74, 6) is 0.446. The molecule has 1 fully saturated rings. The fourth-order valence-corrected chi connectivity index (χ4v) is 6.66. The summed E-state index contributed by atoms with van der Waals surface area (Å²) in [4.78, 5) is 22.0. The van der Waals surface area contributed by atoms with E-state index in [2.05, 4.69) is 75.3 Å². The average molecular weight is 497 g/mol. The van der Waals surface area contributed by atoms with E-state index in [0.717, 1.165) is 51.3 Å². The van der Waals surface area contributed by atoms with Crippen molar-refractivity contribution in [2.24, 2.45) is 0 Å². The van der Waals surface area contributed by atoms with Crippen LogP contribution in [0.3, 0.4) is 0 Å². The second-order valence-electron chi connectivity index (χ2n) is 11.6. The highest BCUT2D eigenvalue weighted by Crippen LogP contribution is 2.47. The van der Waals surface area contributed by atoms with Gasteiger partial charge >= 0.3 is 6.03 Å². The van der Waals surface area contributed by atoms with Gasteiger partial charge in [0.15, 0.2) is 0 Å². The van der Waals surface area contributed by atoms with Crippen LogP contribution in [0.15, 0.2) is 23.6 Å². The zero-order valence-electron chi connectivity index (χ0n) is 22.6. The number of amides is 2. The number of aromatic nitrogens is 1. The predicted octanol–water partition coefficient (Wildman–Crippen LogP) is 6.39. The molecule has 0 spiro atoms. The summed E-state index contributed by atoms with van der Waals surface area (Å²) < 4.78 is 0. The van der Waals surface area contributed by atoms with Crippen molar-refractivity contribution in [3.8, 4) is 11.3 Å². The third-order valence-corrected chi connectivity index (χ3v) is 9.41. The number of urea groups is 1. The molecule has 1 aliphatic heterocycles. The van der Waals surface area contributed by atoms with E-state index in [0.29, 0.717) is 12.5 Å². The number of piperidine rings is 1. The van der Waals surface area contributed by atoms with Crippen LogP contribution in [0.4, 0.5) is 4.79 Å². The average Bonchev–Trinajstić information content (AvgIpc) is 3.35. The lowest BCUT2D eigenvalue weighted by Crippen LogP contribution is -2.46. The molecule has 2 heterocycles. The molecule has 5 nitrogen and oxygen atoms in total. The molecular weight excluding hydrogens is 452 g/mol. The molecule has 1 N–H and O–H groups in total. The van der Waals surface area contributed by atoms with Crippen molar-refractivity contribution in [2.45, 2.75) is 84.0 Å². The van der Waals surface area contributed by atoms with E-state index < -0.39 is 0 Å². The molecule has 0 bridgehead atoms. The van der Waals surface area contributed by atoms with Crippen molar-refractivity contribution in [2.75, 3.05) is 39.3 Å². The lowest BCUT2D eigenvalue weighted by Gasteiger charge is -2.42. The number of nitrogens with zero attached hydrogens (tertiary/aromatic N) is 3. The third-order valence-electron chi connectivity index (χ3n) is 8.40. The zero-order valence-corrected chi connectivity index (χ0v) is 23.4. The van der Waals surface area contributed by atoms with Crippen LogP contribution < -0.4 is 5.32 Å². The van der Waals surface area contributed by atoms with Crippen LogP contribution in [0.5, 0.6) is 0 Å². The Morgan fingerprint density at radius 1 is 1.09 bits per heavy atom. The Bertz CT molecular complexity index is 1020. The Labute approximate surface area is 216 Å². The van der Waals surface area contributed by atoms with Gasteiger partial charge in [-0.3, -0.25) is 0 Å². The van der Waals surface area contributed by atoms with Crippen molar-refractivity contribution in [1.29, 1.82) is 0 Å². The number of likely N-dealkylation sites (N-methyl/N-ethyl adjacent to an activating group) is 1. The molecule has 1 aromatic carbocycles. The maximum atomic E-state index is 12.6. The van der Waals surface area contributed by atoms with Gasteiger partial charge < -0.3 is 15.1 Å². The van der Waals surface area contributed by atoms with E-state index in [4.69, 9.17) is 4.98 Å². The van der Waals surface area contributed by atoms with Crippen molar-refractivity contribution in [3.05, 3.63) is 39.7 Å². The summed E-state index contributed by atoms with van der Waals surface area (Å²) in [5, 5.41) is 6.55. The molecular formula is C29H44N4OS. The van der Waals surface area contributed by atoms with Crippen LogP contribution in [0.2, 0.25) is 0 Å². The molecule has 0 radical (unpaired) electrons. The second kappa shape index (κ2) is 10.6. The van der Waals surface area contributed by atoms with Crippen molar-refractivity contribution in [3.63, 3.8) is 0 Å². The molecule has 4 rings (SSSR count). The fourth-order valence-electron chi connectivity index (χ4n) is 5.66. The van der Waals surface area contributed by atoms with Crippen LogP contribution in [-0.4, -0.2) is 60.1 Å². The number of nitrogens with one attached hydrogen (secondary N) is 1. The number of thiazole rings is 1. The number of carbonyl (C=O) groups is 1. The fraction of sp³-hybridized carbons (Fsp3) is 0.655. The highest BCUT2D eigenvalue weighted by Gasteiger charge is 2.37. The van der Waals surface area contributed by atoms with Gasteiger partial charge in [0.2, 0.25) is 0 Å². The second-order valence-corrected chi connectivity index (χ2v) is 12.5. The first-order chi connectivity index (χ1) is 16.6. The van der Waals surface area contributed by atoms with Crippen molar-refractivity contribution in [1.82, 2.24) is 20.1 Å². The summed E-state index contributed by atoms with van der Waals surface area (Å²) in [5.41, 5.74) is 5.77. The maximum absolute atomic E-state index is 12.6. The van der Waals surface area contributed by atoms with Crippen LogP contribution >= 0.6 is 11.3 Å². The third kappa shape index (κ3) is 5.75. The summed E-state index contributed by atoms with van der Waals surface area (Å²) in [6.45, 7) is 19.1. The Morgan fingerprint density at radius 2 is 1.74 bits per heavy atom. The van der Waals surface area contributed by atoms with Gasteiger partial charge in [0.25, 0.3) is 0 Å². The normalized spacial score (nSPS) is 19.6. The largest absolute Gasteiger partial charge is 0.337 e. The Morgan fingerprint density at radius 3 is 2.40 bits per heavy atom. The van der Waals surface area contributed by atoms with Gasteiger partial charge in [0, 0.05) is 43.0 Å². The van der Waals surface area contributed by atoms with E-state index in [1.807, 2.05) is 4.90 Å². The minimum absolute atomic E-state index is 0.0787. The molecule has 1 aromatic heterocycles. The summed E-state index contributed by atoms with van der Waals surface area (Å²) in [6.07, 6.45) is 4.43. The standard InChI is InChI=1S/C29H44N4OS/c1-7-32(8-2)18-15-30-27(34)33-16-11-21(12-17-33)26-31-25(20-35-26)22-9-10-23-24(19-22)29(5,6)14-13-28(23,3)4/h9-10,19-21H,7-8,11-18H2,1-6H3,(H,30,34). The highest BCUT2D eigenvalue weighted by molar-refractivity contribution is 7.10. The minimum atomic E-state index is 0.0787. The van der Waals surface area contributed by atoms with Gasteiger partial charge in [-0.25, -0.2) is 9.78 Å². The molecule has 1 aliphatic carbocycles. The van der Waals surface area contributed by atoms with E-state index >= 15 is 0 Å². The number of benzene rings is 1. The van der Waals surface area contributed by atoms with Gasteiger partial charge in [-0.1, -0.05) is 53.7 Å². The quantitative estimate of drug-likeness (QED) is 0.483. The van der Waals surface area contributed by atoms with E-state index in [-0.39, 0.29) is 16.9 Å². The van der Waals surface area contributed by atoms with Gasteiger partial charge in [-0.05, 0) is 66.8 Å². The lowest BCUT2D eigenvalue weighted by atomic mass is 9.63. The first kappa shape index (κ1) is 26.2. The van der Waals surface area contributed by atoms with Gasteiger partial charge in [-0.2, -0.15) is 0 Å². The Kier molecular flexibility index (Phi) is 7.92. The van der Waals surface area contributed by atoms with Gasteiger partial charge in [-0.15, -0.1) is 11.3 Å². The number of likely N-dealkylation sites (tertiary alicyclic amines) is 1. The number of carbonyl (C=O) groups excluding carboxylic acids is 1. The van der Waals surface area contributed by atoms with E-state index in [1.165, 1.54) is 34.5 Å². The Hall–Kier alpha value is -1.92. The SMILES string of the molecule is CCN(CC)CCNC(=O)N1CCC(c2nc(-c3ccc4c(c3)C(C)(C)CCC4(C)C)cs2)CC1. The van der Waals surface area contributed by atoms with Gasteiger partial charge in [0.1, 0.15) is 0 Å². The summed E-state index contributed by atoms with van der Waals surface area (Å²) in [7, 11) is 0. The summed E-state index contributed by atoms with van der Waals surface area (Å²) >= 11 is 1.78. The molecule has 0 unspecified atom stereocenters. The zero-order chi connectivity index (χ0) is 25.2. The van der Waals surface area contributed by atoms with Crippen LogP contribution in [-0.2, 0) is 10.8 Å². The number of rotatable bonds is 7. The van der Waals surface area contributed by atoms with E-state index in [9.17, 15) is 4.79 Å². The van der Waals surface area contributed by atoms with Crippen molar-refractivity contribution < 1.29 is 4.79 Å². The number of hydrogen-bond acceptors (Lipinski definition) is 4. The first-order valence-corrected chi connectivity index (χ1v) is 14.4. The Balaban J connectivity index is 1.37. The van der Waals surface area contributed by atoms with Crippen molar-refractivity contribution >= 4 is 17.4 Å². The maximum Gasteiger partial charge on any atom is 0.317 e. The van der Waals surface area contributed by atoms with Crippen LogP contribution in [0, 0.1) is 0 Å². The van der Waals surface area contributed by atoms with Crippen LogP contribution in [0.1, 0.15) is 89.3 Å². The molecule has 35 heavy (non-hydrogen) atoms. The molecule has 2 aromatic rings. The number of fused-ring (bicyclic) bond motifs is 1. The topological polar surface area (TPSA) is 48.5 Å². The molecule has 1 saturated heterocycles. The van der Waals surface area contributed by atoms with Crippen LogP contribution in [0.25, 0.3) is 11.3 Å². The first-order valence-electron chi connectivity index (χ1n) is 13.5. The molecule has 6 heteroatoms.